The van der Waals surface area contributed by atoms with Crippen LogP contribution in [-0.2, 0) is 5.41 Å². The molecular weight excluding hydrogens is 252 g/mol. The number of nitrogen functional groups attached to an aromatic ring is 2. The van der Waals surface area contributed by atoms with Crippen LogP contribution >= 0.6 is 0 Å². The summed E-state index contributed by atoms with van der Waals surface area (Å²) in [5.41, 5.74) is 13.5. The predicted octanol–water partition coefficient (Wildman–Crippen LogP) is 0.491. The Morgan fingerprint density at radius 1 is 1.25 bits per heavy atom. The van der Waals surface area contributed by atoms with E-state index >= 15 is 0 Å². The first-order valence-electron chi connectivity index (χ1n) is 7.47. The van der Waals surface area contributed by atoms with Gasteiger partial charge in [-0.25, -0.2) is 0 Å². The fourth-order valence-corrected chi connectivity index (χ4v) is 4.19. The minimum Gasteiger partial charge on any atom is -0.383 e. The van der Waals surface area contributed by atoms with Gasteiger partial charge in [-0.15, -0.1) is 0 Å². The Labute approximate surface area is 118 Å². The second-order valence-corrected chi connectivity index (χ2v) is 6.64. The summed E-state index contributed by atoms with van der Waals surface area (Å²) in [6.07, 6.45) is 4.89. The molecule has 4 fully saturated rings. The summed E-state index contributed by atoms with van der Waals surface area (Å²) in [6, 6.07) is 0.522. The van der Waals surface area contributed by atoms with Gasteiger partial charge in [-0.3, -0.25) is 0 Å². The number of nitrogens with zero attached hydrogens (tertiary/aromatic N) is 3. The maximum absolute atomic E-state index is 6.20. The second-order valence-electron chi connectivity index (χ2n) is 6.64. The van der Waals surface area contributed by atoms with Crippen LogP contribution in [0.1, 0.15) is 31.2 Å². The molecule has 5 N–H and O–H groups in total. The zero-order chi connectivity index (χ0) is 13.9. The van der Waals surface area contributed by atoms with Crippen LogP contribution < -0.4 is 21.7 Å². The van der Waals surface area contributed by atoms with Crippen molar-refractivity contribution in [2.24, 2.45) is 5.92 Å². The zero-order valence-corrected chi connectivity index (χ0v) is 11.9. The van der Waals surface area contributed by atoms with Crippen LogP contribution in [0.2, 0.25) is 0 Å². The summed E-state index contributed by atoms with van der Waals surface area (Å²) in [7, 11) is 2.01. The highest BCUT2D eigenvalue weighted by Gasteiger charge is 2.60. The first-order chi connectivity index (χ1) is 9.61. The number of aromatic nitrogens is 2. The van der Waals surface area contributed by atoms with E-state index in [0.29, 0.717) is 17.8 Å². The van der Waals surface area contributed by atoms with Crippen molar-refractivity contribution in [3.05, 3.63) is 5.56 Å². The number of anilines is 3. The van der Waals surface area contributed by atoms with Gasteiger partial charge in [0.15, 0.2) is 0 Å². The van der Waals surface area contributed by atoms with Gasteiger partial charge in [-0.1, -0.05) is 0 Å². The van der Waals surface area contributed by atoms with E-state index in [0.717, 1.165) is 31.2 Å². The van der Waals surface area contributed by atoms with Crippen LogP contribution in [0.15, 0.2) is 0 Å². The van der Waals surface area contributed by atoms with Crippen molar-refractivity contribution in [2.75, 3.05) is 36.5 Å². The molecule has 0 radical (unpaired) electrons. The molecule has 0 amide bonds. The van der Waals surface area contributed by atoms with Crippen LogP contribution in [0.5, 0.6) is 0 Å². The molecule has 20 heavy (non-hydrogen) atoms. The Balaban J connectivity index is 1.74. The van der Waals surface area contributed by atoms with E-state index in [9.17, 15) is 0 Å². The van der Waals surface area contributed by atoms with Gasteiger partial charge in [0.05, 0.1) is 0 Å². The topological polar surface area (TPSA) is 93.1 Å². The average molecular weight is 274 g/mol. The maximum Gasteiger partial charge on any atom is 0.223 e. The lowest BCUT2D eigenvalue weighted by Gasteiger charge is -2.62. The summed E-state index contributed by atoms with van der Waals surface area (Å²) < 4.78 is 0. The molecular formula is C14H22N6. The molecule has 108 valence electrons. The van der Waals surface area contributed by atoms with E-state index < -0.39 is 0 Å². The summed E-state index contributed by atoms with van der Waals surface area (Å²) >= 11 is 0. The largest absolute Gasteiger partial charge is 0.383 e. The number of nitrogens with two attached hydrogens (primary N) is 2. The third-order valence-corrected chi connectivity index (χ3v) is 5.40. The van der Waals surface area contributed by atoms with E-state index in [1.54, 1.807) is 0 Å². The molecule has 0 aromatic carbocycles. The van der Waals surface area contributed by atoms with Crippen molar-refractivity contribution in [2.45, 2.75) is 37.1 Å². The van der Waals surface area contributed by atoms with Gasteiger partial charge < -0.3 is 21.7 Å². The van der Waals surface area contributed by atoms with Crippen molar-refractivity contribution >= 4 is 17.6 Å². The molecule has 1 saturated heterocycles. The number of hydrogen-bond acceptors (Lipinski definition) is 6. The van der Waals surface area contributed by atoms with Gasteiger partial charge in [0.25, 0.3) is 0 Å². The summed E-state index contributed by atoms with van der Waals surface area (Å²) in [5.74, 6) is 2.79. The Hall–Kier alpha value is -1.56. The van der Waals surface area contributed by atoms with Crippen molar-refractivity contribution in [1.82, 2.24) is 15.3 Å². The Morgan fingerprint density at radius 2 is 2.00 bits per heavy atom. The molecule has 1 aromatic heterocycles. The van der Waals surface area contributed by atoms with Crippen LogP contribution in [-0.4, -0.2) is 36.1 Å². The highest BCUT2D eigenvalue weighted by atomic mass is 15.3. The summed E-state index contributed by atoms with van der Waals surface area (Å²) in [5, 5.41) is 3.34. The van der Waals surface area contributed by atoms with E-state index in [4.69, 9.17) is 11.5 Å². The smallest absolute Gasteiger partial charge is 0.223 e. The quantitative estimate of drug-likeness (QED) is 0.743. The van der Waals surface area contributed by atoms with E-state index in [1.165, 1.54) is 24.8 Å². The van der Waals surface area contributed by atoms with E-state index in [2.05, 4.69) is 20.2 Å². The molecule has 0 unspecified atom stereocenters. The molecule has 4 aliphatic rings. The number of likely N-dealkylation sites (N-methyl/N-ethyl adjacent to an activating group) is 1. The van der Waals surface area contributed by atoms with Crippen molar-refractivity contribution in [1.29, 1.82) is 0 Å². The van der Waals surface area contributed by atoms with Gasteiger partial charge in [0.1, 0.15) is 11.6 Å². The monoisotopic (exact) mass is 274 g/mol. The Bertz CT molecular complexity index is 540. The van der Waals surface area contributed by atoms with Gasteiger partial charge in [0, 0.05) is 30.1 Å². The highest BCUT2D eigenvalue weighted by Crippen LogP contribution is 2.67. The molecule has 6 nitrogen and oxygen atoms in total. The third kappa shape index (κ3) is 1.54. The minimum absolute atomic E-state index is 0.259. The molecule has 6 heteroatoms. The molecule has 1 atom stereocenters. The van der Waals surface area contributed by atoms with Crippen LogP contribution in [0, 0.1) is 5.92 Å². The summed E-state index contributed by atoms with van der Waals surface area (Å²) in [6.45, 7) is 1.98. The molecule has 2 heterocycles. The Kier molecular flexibility index (Phi) is 2.42. The molecule has 2 bridgehead atoms. The molecule has 0 spiro atoms. The van der Waals surface area contributed by atoms with Crippen LogP contribution in [0.4, 0.5) is 17.6 Å². The van der Waals surface area contributed by atoms with Crippen LogP contribution in [0.25, 0.3) is 0 Å². The first kappa shape index (κ1) is 12.2. The molecule has 1 aliphatic heterocycles. The fourth-order valence-electron chi connectivity index (χ4n) is 4.19. The van der Waals surface area contributed by atoms with Gasteiger partial charge in [-0.05, 0) is 38.6 Å². The van der Waals surface area contributed by atoms with E-state index in [-0.39, 0.29) is 5.41 Å². The predicted molar refractivity (Wildman–Crippen MR) is 79.6 cm³/mol. The fraction of sp³-hybridized carbons (Fsp3) is 0.714. The normalized spacial score (nSPS) is 34.8. The second kappa shape index (κ2) is 3.97. The number of nitrogens with one attached hydrogen (secondary N) is 1. The zero-order valence-electron chi connectivity index (χ0n) is 11.9. The van der Waals surface area contributed by atoms with Gasteiger partial charge in [-0.2, -0.15) is 9.97 Å². The summed E-state index contributed by atoms with van der Waals surface area (Å²) in [4.78, 5) is 11.1. The Morgan fingerprint density at radius 3 is 2.55 bits per heavy atom. The highest BCUT2D eigenvalue weighted by molar-refractivity contribution is 5.65. The van der Waals surface area contributed by atoms with Crippen molar-refractivity contribution in [3.63, 3.8) is 0 Å². The lowest BCUT2D eigenvalue weighted by molar-refractivity contribution is -0.0267. The van der Waals surface area contributed by atoms with Crippen molar-refractivity contribution < 1.29 is 0 Å². The lowest BCUT2D eigenvalue weighted by atomic mass is 9.42. The standard InChI is InChI=1S/C14H22N6/c1-17-9-2-3-20(7-9)12-10(11(15)18-13(16)19-12)14-4-8(5-14)6-14/h8-9,17H,2-7H2,1H3,(H4,15,16,18,19)/t8?,9-,14?/m1/s1. The minimum atomic E-state index is 0.259. The lowest BCUT2D eigenvalue weighted by Crippen LogP contribution is -2.56. The number of rotatable bonds is 3. The van der Waals surface area contributed by atoms with Crippen molar-refractivity contribution in [3.8, 4) is 0 Å². The average Bonchev–Trinajstić information content (AvgIpc) is 2.76. The van der Waals surface area contributed by atoms with Gasteiger partial charge >= 0.3 is 0 Å². The molecule has 3 aliphatic carbocycles. The van der Waals surface area contributed by atoms with Crippen LogP contribution in [0.3, 0.4) is 0 Å². The maximum atomic E-state index is 6.20. The molecule has 3 saturated carbocycles. The SMILES string of the molecule is CN[C@@H]1CCN(c2nc(N)nc(N)c2C23CC(C2)C3)C1. The van der Waals surface area contributed by atoms with Gasteiger partial charge in [0.2, 0.25) is 5.95 Å². The number of hydrogen-bond donors (Lipinski definition) is 3. The van der Waals surface area contributed by atoms with E-state index in [1.807, 2.05) is 7.05 Å². The molecule has 1 aromatic rings. The third-order valence-electron chi connectivity index (χ3n) is 5.40. The molecule has 5 rings (SSSR count). The first-order valence-corrected chi connectivity index (χ1v) is 7.47.